The quantitative estimate of drug-likeness (QED) is 0.316. The highest BCUT2D eigenvalue weighted by molar-refractivity contribution is 6.32. The van der Waals surface area contributed by atoms with Gasteiger partial charge in [-0.25, -0.2) is 13.8 Å². The second kappa shape index (κ2) is 9.79. The monoisotopic (exact) mass is 523 g/mol. The molecule has 2 aromatic rings. The number of aromatic nitrogens is 3. The number of hydrogen-bond acceptors (Lipinski definition) is 6. The van der Waals surface area contributed by atoms with E-state index in [0.717, 1.165) is 18.3 Å². The minimum absolute atomic E-state index is 0.186. The van der Waals surface area contributed by atoms with Gasteiger partial charge in [-0.2, -0.15) is 4.98 Å². The van der Waals surface area contributed by atoms with E-state index in [2.05, 4.69) is 25.0 Å². The third kappa shape index (κ3) is 5.63. The molecule has 0 amide bonds. The second-order valence-electron chi connectivity index (χ2n) is 8.83. The molecule has 2 unspecified atom stereocenters. The zero-order valence-corrected chi connectivity index (χ0v) is 21.0. The number of hydrogen-bond donors (Lipinski definition) is 1. The van der Waals surface area contributed by atoms with Gasteiger partial charge in [0.25, 0.3) is 11.8 Å². The number of rotatable bonds is 5. The summed E-state index contributed by atoms with van der Waals surface area (Å²) in [5, 5.41) is 13.2. The van der Waals surface area contributed by atoms with Crippen LogP contribution in [0.25, 0.3) is 17.0 Å². The first-order valence-electron chi connectivity index (χ1n) is 11.0. The van der Waals surface area contributed by atoms with E-state index in [9.17, 15) is 8.78 Å². The fourth-order valence-corrected chi connectivity index (χ4v) is 4.87. The van der Waals surface area contributed by atoms with Gasteiger partial charge >= 0.3 is 0 Å². The maximum Gasteiger partial charge on any atom is 0.259 e. The van der Waals surface area contributed by atoms with Gasteiger partial charge in [-0.1, -0.05) is 28.9 Å². The summed E-state index contributed by atoms with van der Waals surface area (Å²) in [5.41, 5.74) is 2.80. The number of allylic oxidation sites excluding steroid dienone is 3. The second-order valence-corrected chi connectivity index (χ2v) is 10.0. The van der Waals surface area contributed by atoms with E-state index in [1.54, 1.807) is 31.3 Å². The maximum atomic E-state index is 13.9. The highest BCUT2D eigenvalue weighted by Gasteiger charge is 2.45. The summed E-state index contributed by atoms with van der Waals surface area (Å²) in [7, 11) is 0. The minimum atomic E-state index is -2.93. The van der Waals surface area contributed by atoms with E-state index in [1.165, 1.54) is 6.08 Å². The largest absolute Gasteiger partial charge is 0.388 e. The van der Waals surface area contributed by atoms with Crippen LogP contribution in [0.1, 0.15) is 38.7 Å². The summed E-state index contributed by atoms with van der Waals surface area (Å²) in [4.78, 5) is 14.0. The molecule has 0 fully saturated rings. The van der Waals surface area contributed by atoms with Crippen molar-refractivity contribution in [3.63, 3.8) is 0 Å². The number of alkyl halides is 3. The Hall–Kier alpha value is -2.62. The summed E-state index contributed by atoms with van der Waals surface area (Å²) in [5.74, 6) is -2.85. The van der Waals surface area contributed by atoms with Crippen molar-refractivity contribution in [1.82, 2.24) is 20.0 Å². The normalized spacial score (nSPS) is 23.4. The topological polar surface area (TPSA) is 87.6 Å². The van der Waals surface area contributed by atoms with Crippen LogP contribution in [-0.4, -0.2) is 54.9 Å². The molecule has 0 aromatic carbocycles. The van der Waals surface area contributed by atoms with Crippen LogP contribution < -0.4 is 0 Å². The first kappa shape index (κ1) is 25.5. The Morgan fingerprint density at radius 1 is 1.43 bits per heavy atom. The zero-order chi connectivity index (χ0) is 25.4. The van der Waals surface area contributed by atoms with Crippen LogP contribution in [0.2, 0.25) is 5.02 Å². The summed E-state index contributed by atoms with van der Waals surface area (Å²) in [6.07, 6.45) is 8.96. The summed E-state index contributed by atoms with van der Waals surface area (Å²) in [6.45, 7) is 5.30. The van der Waals surface area contributed by atoms with Gasteiger partial charge < -0.3 is 14.5 Å². The Bertz CT molecular complexity index is 1230. The van der Waals surface area contributed by atoms with E-state index in [4.69, 9.17) is 32.8 Å². The summed E-state index contributed by atoms with van der Waals surface area (Å²) < 4.78 is 32.8. The van der Waals surface area contributed by atoms with Crippen molar-refractivity contribution < 1.29 is 18.4 Å². The maximum absolute atomic E-state index is 13.9. The molecule has 3 heterocycles. The lowest BCUT2D eigenvalue weighted by molar-refractivity contribution is -0.0290. The fourth-order valence-electron chi connectivity index (χ4n) is 4.21. The van der Waals surface area contributed by atoms with Gasteiger partial charge in [0.1, 0.15) is 12.4 Å². The molecule has 4 rings (SSSR count). The third-order valence-corrected chi connectivity index (χ3v) is 6.64. The molecule has 11 heteroatoms. The lowest BCUT2D eigenvalue weighted by Gasteiger charge is -2.34. The van der Waals surface area contributed by atoms with Gasteiger partial charge in [0.05, 0.1) is 32.8 Å². The van der Waals surface area contributed by atoms with Gasteiger partial charge in [0, 0.05) is 26.2 Å². The minimum Gasteiger partial charge on any atom is -0.388 e. The number of aliphatic hydroxyl groups is 1. The Balaban J connectivity index is 1.46. The fraction of sp³-hybridized carbons (Fsp3) is 0.417. The molecule has 1 aliphatic carbocycles. The molecule has 0 spiro atoms. The molecular formula is C24H25Cl2F2N5O2. The third-order valence-electron chi connectivity index (χ3n) is 6.00. The van der Waals surface area contributed by atoms with Crippen molar-refractivity contribution in [3.05, 3.63) is 58.8 Å². The molecule has 186 valence electrons. The molecule has 0 saturated carbocycles. The predicted octanol–water partition coefficient (Wildman–Crippen LogP) is 5.51. The van der Waals surface area contributed by atoms with Gasteiger partial charge in [-0.05, 0) is 44.1 Å². The molecule has 0 bridgehead atoms. The van der Waals surface area contributed by atoms with Crippen molar-refractivity contribution in [3.8, 4) is 11.5 Å². The smallest absolute Gasteiger partial charge is 0.259 e. The van der Waals surface area contributed by atoms with Crippen molar-refractivity contribution in [2.45, 2.75) is 44.6 Å². The molecular weight excluding hydrogens is 499 g/mol. The zero-order valence-electron chi connectivity index (χ0n) is 19.5. The number of aliphatic hydroxyl groups excluding tert-OH is 1. The molecule has 35 heavy (non-hydrogen) atoms. The Kier molecular flexibility index (Phi) is 7.13. The van der Waals surface area contributed by atoms with Crippen molar-refractivity contribution in [2.24, 2.45) is 10.9 Å². The lowest BCUT2D eigenvalue weighted by Crippen LogP contribution is -2.39. The van der Waals surface area contributed by atoms with Gasteiger partial charge in [-0.15, -0.1) is 11.6 Å². The number of pyridine rings is 1. The van der Waals surface area contributed by atoms with Crippen LogP contribution in [0.4, 0.5) is 8.78 Å². The van der Waals surface area contributed by atoms with Crippen molar-refractivity contribution >= 4 is 34.6 Å². The van der Waals surface area contributed by atoms with Crippen molar-refractivity contribution in [2.75, 3.05) is 13.1 Å². The van der Waals surface area contributed by atoms with E-state index in [-0.39, 0.29) is 18.3 Å². The van der Waals surface area contributed by atoms with Gasteiger partial charge in [-0.3, -0.25) is 4.98 Å². The standard InChI is InChI=1S/C24H25Cl2F2N5O2/c1-14(30-17-4-5-19(24(3,27)28)23(2,26)11-17)33-8-6-15(7-9-33)21-18(25)10-16(12-29-21)22-31-20(13-34)32-35-22/h4-6,10-12,19,34H,7-9,13H2,1-3H3. The van der Waals surface area contributed by atoms with Gasteiger partial charge in [0.15, 0.2) is 5.82 Å². The first-order chi connectivity index (χ1) is 16.5. The van der Waals surface area contributed by atoms with Crippen LogP contribution in [-0.2, 0) is 6.61 Å². The van der Waals surface area contributed by atoms with E-state index < -0.39 is 16.7 Å². The van der Waals surface area contributed by atoms with Crippen LogP contribution in [0.3, 0.4) is 0 Å². The molecule has 7 nitrogen and oxygen atoms in total. The first-order valence-corrected chi connectivity index (χ1v) is 11.8. The average molecular weight is 524 g/mol. The lowest BCUT2D eigenvalue weighted by atomic mass is 9.84. The highest BCUT2D eigenvalue weighted by Crippen LogP contribution is 2.42. The number of halogens is 4. The number of nitrogens with zero attached hydrogens (tertiary/aromatic N) is 5. The Morgan fingerprint density at radius 3 is 2.77 bits per heavy atom. The summed E-state index contributed by atoms with van der Waals surface area (Å²) in [6, 6.07) is 1.70. The number of aliphatic imine (C=N–C) groups is 1. The summed E-state index contributed by atoms with van der Waals surface area (Å²) >= 11 is 12.9. The van der Waals surface area contributed by atoms with Crippen molar-refractivity contribution in [1.29, 1.82) is 0 Å². The molecule has 1 N–H and O–H groups in total. The van der Waals surface area contributed by atoms with Crippen LogP contribution in [0, 0.1) is 5.92 Å². The van der Waals surface area contributed by atoms with Crippen LogP contribution in [0.15, 0.2) is 51.8 Å². The molecule has 0 radical (unpaired) electrons. The van der Waals surface area contributed by atoms with E-state index >= 15 is 0 Å². The van der Waals surface area contributed by atoms with Crippen LogP contribution in [0.5, 0.6) is 0 Å². The Morgan fingerprint density at radius 2 is 2.20 bits per heavy atom. The molecule has 0 saturated heterocycles. The Labute approximate surface area is 211 Å². The predicted molar refractivity (Wildman–Crippen MR) is 131 cm³/mol. The van der Waals surface area contributed by atoms with E-state index in [0.29, 0.717) is 41.5 Å². The molecule has 1 aliphatic heterocycles. The highest BCUT2D eigenvalue weighted by atomic mass is 35.5. The number of amidine groups is 1. The van der Waals surface area contributed by atoms with Crippen LogP contribution >= 0.6 is 23.2 Å². The average Bonchev–Trinajstić information content (AvgIpc) is 3.27. The molecule has 2 aromatic heterocycles. The van der Waals surface area contributed by atoms with E-state index in [1.807, 2.05) is 13.0 Å². The SMILES string of the molecule is CC(=NC1=CC(C)(Cl)C(C(C)(F)F)C=C1)N1CC=C(c2ncc(-c3nc(CO)no3)cc2Cl)CC1. The molecule has 2 aliphatic rings. The van der Waals surface area contributed by atoms with Gasteiger partial charge in [0.2, 0.25) is 0 Å². The molecule has 2 atom stereocenters.